The van der Waals surface area contributed by atoms with Crippen LogP contribution in [0, 0.1) is 5.41 Å². The minimum Gasteiger partial charge on any atom is -0.441 e. The number of benzene rings is 2. The molecule has 2 aromatic carbocycles. The average molecular weight is 350 g/mol. The Hall–Kier alpha value is -1.71. The summed E-state index contributed by atoms with van der Waals surface area (Å²) in [5, 5.41) is 1.24. The van der Waals surface area contributed by atoms with Crippen LogP contribution in [0.25, 0.3) is 11.1 Å². The molecule has 1 aliphatic rings. The predicted octanol–water partition coefficient (Wildman–Crippen LogP) is 5.38. The molecular weight excluding hydrogens is 333 g/mol. The fraction of sp³-hybridized carbons (Fsp3) is 0.278. The molecule has 0 spiro atoms. The molecule has 5 heteroatoms. The van der Waals surface area contributed by atoms with Crippen molar-refractivity contribution in [1.29, 1.82) is 0 Å². The number of primary amides is 1. The van der Waals surface area contributed by atoms with Gasteiger partial charge in [0.15, 0.2) is 0 Å². The number of carbonyl (C=O) groups excluding carboxylic acids is 1. The van der Waals surface area contributed by atoms with Crippen LogP contribution in [0.3, 0.4) is 0 Å². The van der Waals surface area contributed by atoms with Gasteiger partial charge in [-0.05, 0) is 47.4 Å². The summed E-state index contributed by atoms with van der Waals surface area (Å²) in [6.07, 6.45) is -0.306. The van der Waals surface area contributed by atoms with Crippen molar-refractivity contribution in [3.63, 3.8) is 0 Å². The zero-order valence-electron chi connectivity index (χ0n) is 12.9. The summed E-state index contributed by atoms with van der Waals surface area (Å²) < 4.78 is 5.38. The standard InChI is InChI=1S/C18H17Cl2NO2/c1-18(2)9-11-4-3-10(7-14(11)16(18)23-17(21)22)13-8-12(19)5-6-15(13)20/h3-8,16H,9H2,1-2H3,(H2,21,22). The summed E-state index contributed by atoms with van der Waals surface area (Å²) in [4.78, 5) is 11.3. The Morgan fingerprint density at radius 2 is 1.96 bits per heavy atom. The first-order chi connectivity index (χ1) is 10.8. The van der Waals surface area contributed by atoms with Gasteiger partial charge < -0.3 is 10.5 Å². The molecule has 0 heterocycles. The molecule has 0 saturated heterocycles. The monoisotopic (exact) mass is 349 g/mol. The van der Waals surface area contributed by atoms with Crippen molar-refractivity contribution in [1.82, 2.24) is 0 Å². The number of halogens is 2. The van der Waals surface area contributed by atoms with Crippen LogP contribution in [0.5, 0.6) is 0 Å². The zero-order valence-corrected chi connectivity index (χ0v) is 14.4. The van der Waals surface area contributed by atoms with Crippen LogP contribution in [-0.4, -0.2) is 6.09 Å². The fourth-order valence-electron chi connectivity index (χ4n) is 3.23. The van der Waals surface area contributed by atoms with E-state index in [-0.39, 0.29) is 11.5 Å². The van der Waals surface area contributed by atoms with E-state index in [1.54, 1.807) is 12.1 Å². The lowest BCUT2D eigenvalue weighted by molar-refractivity contribution is 0.0392. The number of hydrogen-bond donors (Lipinski definition) is 1. The molecule has 120 valence electrons. The molecule has 0 radical (unpaired) electrons. The summed E-state index contributed by atoms with van der Waals surface area (Å²) in [6, 6.07) is 11.4. The molecule has 0 aliphatic heterocycles. The van der Waals surface area contributed by atoms with Crippen molar-refractivity contribution in [3.8, 4) is 11.1 Å². The summed E-state index contributed by atoms with van der Waals surface area (Å²) in [5.41, 5.74) is 8.96. The molecule has 2 N–H and O–H groups in total. The Labute approximate surface area is 145 Å². The number of rotatable bonds is 2. The average Bonchev–Trinajstić information content (AvgIpc) is 2.71. The van der Waals surface area contributed by atoms with Gasteiger partial charge in [0.25, 0.3) is 0 Å². The molecule has 2 aromatic rings. The van der Waals surface area contributed by atoms with Crippen LogP contribution in [0.1, 0.15) is 31.1 Å². The Balaban J connectivity index is 2.09. The topological polar surface area (TPSA) is 52.3 Å². The summed E-state index contributed by atoms with van der Waals surface area (Å²) in [5.74, 6) is 0. The van der Waals surface area contributed by atoms with Crippen LogP contribution in [0.4, 0.5) is 4.79 Å². The van der Waals surface area contributed by atoms with Gasteiger partial charge in [-0.3, -0.25) is 0 Å². The van der Waals surface area contributed by atoms with Crippen molar-refractivity contribution >= 4 is 29.3 Å². The first-order valence-corrected chi connectivity index (χ1v) is 8.08. The van der Waals surface area contributed by atoms with E-state index in [0.29, 0.717) is 10.0 Å². The van der Waals surface area contributed by atoms with E-state index in [1.807, 2.05) is 24.3 Å². The molecule has 1 unspecified atom stereocenters. The molecule has 1 amide bonds. The van der Waals surface area contributed by atoms with Gasteiger partial charge >= 0.3 is 6.09 Å². The third-order valence-electron chi connectivity index (χ3n) is 4.26. The van der Waals surface area contributed by atoms with E-state index in [4.69, 9.17) is 33.7 Å². The lowest BCUT2D eigenvalue weighted by Gasteiger charge is -2.26. The third kappa shape index (κ3) is 3.04. The van der Waals surface area contributed by atoms with Crippen molar-refractivity contribution in [2.75, 3.05) is 0 Å². The van der Waals surface area contributed by atoms with Crippen LogP contribution in [-0.2, 0) is 11.2 Å². The molecule has 3 nitrogen and oxygen atoms in total. The quantitative estimate of drug-likeness (QED) is 0.791. The summed E-state index contributed by atoms with van der Waals surface area (Å²) >= 11 is 12.4. The maximum absolute atomic E-state index is 11.3. The number of nitrogens with two attached hydrogens (primary N) is 1. The predicted molar refractivity (Wildman–Crippen MR) is 92.8 cm³/mol. The molecule has 1 aliphatic carbocycles. The minimum atomic E-state index is -0.762. The normalized spacial score (nSPS) is 18.5. The zero-order chi connectivity index (χ0) is 16.8. The number of carbonyl (C=O) groups is 1. The van der Waals surface area contributed by atoms with Crippen LogP contribution in [0.2, 0.25) is 10.0 Å². The van der Waals surface area contributed by atoms with E-state index < -0.39 is 6.09 Å². The molecule has 23 heavy (non-hydrogen) atoms. The SMILES string of the molecule is CC1(C)Cc2ccc(-c3cc(Cl)ccc3Cl)cc2C1OC(N)=O. The Morgan fingerprint density at radius 1 is 1.22 bits per heavy atom. The Kier molecular flexibility index (Phi) is 4.03. The van der Waals surface area contributed by atoms with E-state index in [2.05, 4.69) is 13.8 Å². The second-order valence-corrected chi connectivity index (χ2v) is 7.36. The number of hydrogen-bond acceptors (Lipinski definition) is 2. The lowest BCUT2D eigenvalue weighted by atomic mass is 9.87. The smallest absolute Gasteiger partial charge is 0.405 e. The highest BCUT2D eigenvalue weighted by Crippen LogP contribution is 2.48. The van der Waals surface area contributed by atoms with E-state index in [0.717, 1.165) is 28.7 Å². The summed E-state index contributed by atoms with van der Waals surface area (Å²) in [7, 11) is 0. The second-order valence-electron chi connectivity index (χ2n) is 6.52. The number of fused-ring (bicyclic) bond motifs is 1. The first-order valence-electron chi connectivity index (χ1n) is 7.32. The Bertz CT molecular complexity index is 787. The molecular formula is C18H17Cl2NO2. The fourth-order valence-corrected chi connectivity index (χ4v) is 3.63. The van der Waals surface area contributed by atoms with Crippen molar-refractivity contribution in [3.05, 3.63) is 57.6 Å². The van der Waals surface area contributed by atoms with Crippen LogP contribution in [0.15, 0.2) is 36.4 Å². The molecule has 3 rings (SSSR count). The van der Waals surface area contributed by atoms with Gasteiger partial charge in [0.05, 0.1) is 0 Å². The van der Waals surface area contributed by atoms with Gasteiger partial charge in [0, 0.05) is 21.0 Å². The summed E-state index contributed by atoms with van der Waals surface area (Å²) in [6.45, 7) is 4.12. The Morgan fingerprint density at radius 3 is 2.65 bits per heavy atom. The van der Waals surface area contributed by atoms with E-state index >= 15 is 0 Å². The van der Waals surface area contributed by atoms with Gasteiger partial charge in [-0.25, -0.2) is 4.79 Å². The van der Waals surface area contributed by atoms with Gasteiger partial charge in [0.1, 0.15) is 6.10 Å². The highest BCUT2D eigenvalue weighted by molar-refractivity contribution is 6.35. The van der Waals surface area contributed by atoms with Gasteiger partial charge in [-0.2, -0.15) is 0 Å². The molecule has 0 fully saturated rings. The highest BCUT2D eigenvalue weighted by Gasteiger charge is 2.41. The number of amides is 1. The van der Waals surface area contributed by atoms with Gasteiger partial charge in [0.2, 0.25) is 0 Å². The highest BCUT2D eigenvalue weighted by atomic mass is 35.5. The maximum atomic E-state index is 11.3. The van der Waals surface area contributed by atoms with Crippen LogP contribution >= 0.6 is 23.2 Å². The second kappa shape index (κ2) is 5.73. The van der Waals surface area contributed by atoms with E-state index in [9.17, 15) is 4.79 Å². The van der Waals surface area contributed by atoms with E-state index in [1.165, 1.54) is 0 Å². The third-order valence-corrected chi connectivity index (χ3v) is 4.82. The van der Waals surface area contributed by atoms with Crippen molar-refractivity contribution in [2.24, 2.45) is 11.1 Å². The molecule has 1 atom stereocenters. The van der Waals surface area contributed by atoms with Gasteiger partial charge in [-0.15, -0.1) is 0 Å². The van der Waals surface area contributed by atoms with Crippen molar-refractivity contribution in [2.45, 2.75) is 26.4 Å². The molecule has 0 aromatic heterocycles. The molecule has 0 saturated carbocycles. The van der Waals surface area contributed by atoms with Crippen molar-refractivity contribution < 1.29 is 9.53 Å². The van der Waals surface area contributed by atoms with Gasteiger partial charge in [-0.1, -0.05) is 49.2 Å². The van der Waals surface area contributed by atoms with Crippen LogP contribution < -0.4 is 5.73 Å². The molecule has 0 bridgehead atoms. The maximum Gasteiger partial charge on any atom is 0.405 e. The number of ether oxygens (including phenoxy) is 1. The first kappa shape index (κ1) is 16.2. The minimum absolute atomic E-state index is 0.200. The lowest BCUT2D eigenvalue weighted by Crippen LogP contribution is -2.25. The largest absolute Gasteiger partial charge is 0.441 e.